The zero-order valence-corrected chi connectivity index (χ0v) is 11.1. The van der Waals surface area contributed by atoms with E-state index in [0.717, 1.165) is 0 Å². The van der Waals surface area contributed by atoms with Crippen molar-refractivity contribution in [1.29, 1.82) is 0 Å². The summed E-state index contributed by atoms with van der Waals surface area (Å²) < 4.78 is 7.17. The molecule has 3 heterocycles. The van der Waals surface area contributed by atoms with E-state index in [4.69, 9.17) is 33.0 Å². The van der Waals surface area contributed by atoms with Crippen LogP contribution in [0.1, 0.15) is 12.6 Å². The topological polar surface area (TPSA) is 93.3 Å². The Morgan fingerprint density at radius 3 is 2.89 bits per heavy atom. The number of rotatable bonds is 2. The van der Waals surface area contributed by atoms with Crippen molar-refractivity contribution in [3.8, 4) is 0 Å². The number of ether oxygens (including phenoxy) is 1. The van der Waals surface area contributed by atoms with Gasteiger partial charge < -0.3 is 14.9 Å². The predicted molar refractivity (Wildman–Crippen MR) is 67.0 cm³/mol. The Morgan fingerprint density at radius 1 is 1.42 bits per heavy atom. The summed E-state index contributed by atoms with van der Waals surface area (Å²) in [6, 6.07) is 0. The first-order valence-corrected chi connectivity index (χ1v) is 6.35. The fraction of sp³-hybridized carbons (Fsp3) is 0.500. The molecule has 0 amide bonds. The van der Waals surface area contributed by atoms with Gasteiger partial charge in [-0.25, -0.2) is 9.97 Å². The van der Waals surface area contributed by atoms with Gasteiger partial charge >= 0.3 is 0 Å². The molecule has 0 spiro atoms. The Hall–Kier alpha value is -0.990. The van der Waals surface area contributed by atoms with E-state index >= 15 is 0 Å². The van der Waals surface area contributed by atoms with Gasteiger partial charge in [0.1, 0.15) is 17.8 Å². The molecule has 102 valence electrons. The zero-order chi connectivity index (χ0) is 13.6. The van der Waals surface area contributed by atoms with E-state index in [2.05, 4.69) is 15.0 Å². The van der Waals surface area contributed by atoms with Gasteiger partial charge in [-0.15, -0.1) is 0 Å². The maximum Gasteiger partial charge on any atom is 0.225 e. The van der Waals surface area contributed by atoms with Crippen LogP contribution in [-0.4, -0.2) is 48.5 Å². The monoisotopic (exact) mass is 304 g/mol. The third kappa shape index (κ3) is 2.17. The van der Waals surface area contributed by atoms with Gasteiger partial charge in [0, 0.05) is 6.42 Å². The minimum absolute atomic E-state index is 0.0170. The first kappa shape index (κ1) is 13.0. The Morgan fingerprint density at radius 2 is 2.21 bits per heavy atom. The van der Waals surface area contributed by atoms with E-state index in [1.807, 2.05) is 0 Å². The van der Waals surface area contributed by atoms with Gasteiger partial charge in [0.2, 0.25) is 5.28 Å². The van der Waals surface area contributed by atoms with E-state index in [9.17, 15) is 5.11 Å². The Balaban J connectivity index is 2.03. The Bertz CT molecular complexity index is 620. The van der Waals surface area contributed by atoms with Crippen LogP contribution in [0.5, 0.6) is 0 Å². The molecule has 2 aromatic rings. The third-order valence-corrected chi connectivity index (χ3v) is 3.49. The smallest absolute Gasteiger partial charge is 0.225 e. The normalized spacial score (nSPS) is 27.3. The average Bonchev–Trinajstić information content (AvgIpc) is 2.92. The van der Waals surface area contributed by atoms with E-state index in [1.165, 1.54) is 6.33 Å². The number of imidazole rings is 1. The number of hydrogen-bond acceptors (Lipinski definition) is 6. The molecule has 3 rings (SSSR count). The molecule has 19 heavy (non-hydrogen) atoms. The first-order chi connectivity index (χ1) is 9.10. The van der Waals surface area contributed by atoms with Gasteiger partial charge in [0.05, 0.1) is 19.0 Å². The maximum atomic E-state index is 9.74. The van der Waals surface area contributed by atoms with E-state index < -0.39 is 18.4 Å². The molecule has 1 saturated heterocycles. The SMILES string of the molecule is OC[C@H]1OC(n2cnc3nc(Cl)nc(Cl)c32)C[C@@H]1O. The highest BCUT2D eigenvalue weighted by molar-refractivity contribution is 6.35. The van der Waals surface area contributed by atoms with Crippen LogP contribution in [0, 0.1) is 0 Å². The lowest BCUT2D eigenvalue weighted by atomic mass is 10.2. The molecule has 2 N–H and O–H groups in total. The van der Waals surface area contributed by atoms with Crippen molar-refractivity contribution in [2.75, 3.05) is 6.61 Å². The summed E-state index contributed by atoms with van der Waals surface area (Å²) in [5, 5.41) is 19.0. The lowest BCUT2D eigenvalue weighted by molar-refractivity contribution is -0.0430. The standard InChI is InChI=1S/C10H10Cl2N4O3/c11-8-7-9(15-10(12)14-8)13-3-16(7)6-1-4(18)5(2-17)19-6/h3-6,17-18H,1-2H2/t4-,5+,6?/m0/s1. The molecule has 1 aliphatic rings. The summed E-state index contributed by atoms with van der Waals surface area (Å²) >= 11 is 11.7. The molecule has 0 bridgehead atoms. The predicted octanol–water partition coefficient (Wildman–Crippen LogP) is 0.774. The summed E-state index contributed by atoms with van der Waals surface area (Å²) in [5.41, 5.74) is 0.845. The molecule has 1 unspecified atom stereocenters. The molecule has 0 radical (unpaired) electrons. The molecule has 1 aliphatic heterocycles. The summed E-state index contributed by atoms with van der Waals surface area (Å²) in [6.45, 7) is -0.250. The van der Waals surface area contributed by atoms with Gasteiger partial charge in [-0.2, -0.15) is 4.98 Å². The van der Waals surface area contributed by atoms with Crippen LogP contribution < -0.4 is 0 Å². The number of aliphatic hydroxyl groups is 2. The van der Waals surface area contributed by atoms with Crippen LogP contribution in [0.25, 0.3) is 11.2 Å². The van der Waals surface area contributed by atoms with Crippen molar-refractivity contribution in [2.24, 2.45) is 0 Å². The van der Waals surface area contributed by atoms with Crippen LogP contribution in [0.3, 0.4) is 0 Å². The molecule has 7 nitrogen and oxygen atoms in total. The molecular formula is C10H10Cl2N4O3. The number of aromatic nitrogens is 4. The number of aliphatic hydroxyl groups excluding tert-OH is 2. The quantitative estimate of drug-likeness (QED) is 0.629. The number of fused-ring (bicyclic) bond motifs is 1. The van der Waals surface area contributed by atoms with Gasteiger partial charge in [0.25, 0.3) is 0 Å². The van der Waals surface area contributed by atoms with Crippen LogP contribution in [0.4, 0.5) is 0 Å². The van der Waals surface area contributed by atoms with Crippen molar-refractivity contribution in [2.45, 2.75) is 24.9 Å². The van der Waals surface area contributed by atoms with Crippen molar-refractivity contribution in [3.05, 3.63) is 16.8 Å². The molecule has 1 fully saturated rings. The summed E-state index contributed by atoms with van der Waals surface area (Å²) in [5.74, 6) is 0. The highest BCUT2D eigenvalue weighted by Gasteiger charge is 2.35. The minimum Gasteiger partial charge on any atom is -0.394 e. The zero-order valence-electron chi connectivity index (χ0n) is 9.57. The summed E-state index contributed by atoms with van der Waals surface area (Å²) in [4.78, 5) is 11.9. The van der Waals surface area contributed by atoms with Crippen LogP contribution in [0.15, 0.2) is 6.33 Å². The second-order valence-electron chi connectivity index (χ2n) is 4.22. The fourth-order valence-electron chi connectivity index (χ4n) is 2.15. The first-order valence-electron chi connectivity index (χ1n) is 5.60. The molecule has 0 aliphatic carbocycles. The number of nitrogens with zero attached hydrogens (tertiary/aromatic N) is 4. The molecule has 9 heteroatoms. The molecule has 2 aromatic heterocycles. The fourth-order valence-corrected chi connectivity index (χ4v) is 2.62. The van der Waals surface area contributed by atoms with E-state index in [-0.39, 0.29) is 17.0 Å². The van der Waals surface area contributed by atoms with Gasteiger partial charge in [-0.3, -0.25) is 4.57 Å². The van der Waals surface area contributed by atoms with Gasteiger partial charge in [-0.1, -0.05) is 11.6 Å². The second kappa shape index (κ2) is 4.84. The molecule has 3 atom stereocenters. The lowest BCUT2D eigenvalue weighted by Gasteiger charge is -2.14. The largest absolute Gasteiger partial charge is 0.394 e. The third-order valence-electron chi connectivity index (χ3n) is 3.05. The van der Waals surface area contributed by atoms with Crippen molar-refractivity contribution in [1.82, 2.24) is 19.5 Å². The highest BCUT2D eigenvalue weighted by atomic mass is 35.5. The summed E-state index contributed by atoms with van der Waals surface area (Å²) in [6.07, 6.45) is 0.00208. The Labute approximate surface area is 117 Å². The minimum atomic E-state index is -0.737. The van der Waals surface area contributed by atoms with Crippen LogP contribution >= 0.6 is 23.2 Å². The molecule has 0 saturated carbocycles. The number of halogens is 2. The number of hydrogen-bond donors (Lipinski definition) is 2. The van der Waals surface area contributed by atoms with E-state index in [0.29, 0.717) is 17.6 Å². The van der Waals surface area contributed by atoms with Crippen molar-refractivity contribution in [3.63, 3.8) is 0 Å². The Kier molecular flexibility index (Phi) is 3.32. The second-order valence-corrected chi connectivity index (χ2v) is 4.92. The van der Waals surface area contributed by atoms with Crippen molar-refractivity contribution >= 4 is 34.4 Å². The van der Waals surface area contributed by atoms with Gasteiger partial charge in [0.15, 0.2) is 10.8 Å². The van der Waals surface area contributed by atoms with Gasteiger partial charge in [-0.05, 0) is 11.6 Å². The molecule has 0 aromatic carbocycles. The molecular weight excluding hydrogens is 295 g/mol. The summed E-state index contributed by atoms with van der Waals surface area (Å²) in [7, 11) is 0. The maximum absolute atomic E-state index is 9.74. The lowest BCUT2D eigenvalue weighted by Crippen LogP contribution is -2.24. The van der Waals surface area contributed by atoms with E-state index in [1.54, 1.807) is 4.57 Å². The highest BCUT2D eigenvalue weighted by Crippen LogP contribution is 2.32. The average molecular weight is 305 g/mol. The van der Waals surface area contributed by atoms with Crippen molar-refractivity contribution < 1.29 is 14.9 Å². The van der Waals surface area contributed by atoms with Crippen LogP contribution in [0.2, 0.25) is 10.4 Å². The van der Waals surface area contributed by atoms with Crippen LogP contribution in [-0.2, 0) is 4.74 Å².